The van der Waals surface area contributed by atoms with Crippen LogP contribution in [0.3, 0.4) is 0 Å². The molecule has 0 radical (unpaired) electrons. The van der Waals surface area contributed by atoms with Crippen molar-refractivity contribution in [3.8, 4) is 0 Å². The molecule has 2 rings (SSSR count). The van der Waals surface area contributed by atoms with Gasteiger partial charge in [0.15, 0.2) is 0 Å². The first-order chi connectivity index (χ1) is 8.28. The first kappa shape index (κ1) is 13.3. The number of thiazole rings is 1. The molecule has 0 amide bonds. The zero-order valence-corrected chi connectivity index (χ0v) is 11.9. The van der Waals surface area contributed by atoms with Crippen LogP contribution in [0.2, 0.25) is 4.34 Å². The van der Waals surface area contributed by atoms with Crippen LogP contribution in [0.5, 0.6) is 0 Å². The zero-order chi connectivity index (χ0) is 12.1. The van der Waals surface area contributed by atoms with Gasteiger partial charge in [0.1, 0.15) is 9.34 Å². The van der Waals surface area contributed by atoms with Gasteiger partial charge >= 0.3 is 0 Å². The molecule has 1 saturated heterocycles. The summed E-state index contributed by atoms with van der Waals surface area (Å²) in [6, 6.07) is 0.652. The van der Waals surface area contributed by atoms with E-state index >= 15 is 0 Å². The van der Waals surface area contributed by atoms with Crippen LogP contribution in [0.1, 0.15) is 31.2 Å². The van der Waals surface area contributed by atoms with Crippen LogP contribution in [0.4, 0.5) is 0 Å². The lowest BCUT2D eigenvalue weighted by Gasteiger charge is -2.29. The summed E-state index contributed by atoms with van der Waals surface area (Å²) in [6.45, 7) is 6.48. The highest BCUT2D eigenvalue weighted by molar-refractivity contribution is 7.15. The summed E-state index contributed by atoms with van der Waals surface area (Å²) in [7, 11) is 0. The molecular formula is C12H20ClN3S. The van der Waals surface area contributed by atoms with Gasteiger partial charge in [-0.05, 0) is 25.9 Å². The summed E-state index contributed by atoms with van der Waals surface area (Å²) < 4.78 is 0.784. The molecule has 3 nitrogen and oxygen atoms in total. The van der Waals surface area contributed by atoms with Crippen molar-refractivity contribution < 1.29 is 0 Å². The molecule has 17 heavy (non-hydrogen) atoms. The fourth-order valence-corrected chi connectivity index (χ4v) is 3.25. The highest BCUT2D eigenvalue weighted by Gasteiger charge is 2.16. The first-order valence-electron chi connectivity index (χ1n) is 6.34. The fraction of sp³-hybridized carbons (Fsp3) is 0.750. The molecule has 5 heteroatoms. The number of rotatable bonds is 5. The second kappa shape index (κ2) is 6.69. The second-order valence-electron chi connectivity index (χ2n) is 4.53. The Labute approximate surface area is 112 Å². The topological polar surface area (TPSA) is 28.2 Å². The van der Waals surface area contributed by atoms with Gasteiger partial charge in [-0.25, -0.2) is 4.98 Å². The molecule has 0 aromatic carbocycles. The van der Waals surface area contributed by atoms with Crippen LogP contribution in [0.25, 0.3) is 0 Å². The molecule has 1 unspecified atom stereocenters. The summed E-state index contributed by atoms with van der Waals surface area (Å²) in [6.07, 6.45) is 5.73. The van der Waals surface area contributed by atoms with E-state index in [0.29, 0.717) is 6.04 Å². The molecule has 0 aliphatic carbocycles. The Morgan fingerprint density at radius 2 is 2.47 bits per heavy atom. The van der Waals surface area contributed by atoms with Crippen LogP contribution >= 0.6 is 22.9 Å². The Balaban J connectivity index is 1.83. The van der Waals surface area contributed by atoms with Crippen molar-refractivity contribution in [1.29, 1.82) is 0 Å². The van der Waals surface area contributed by atoms with Crippen molar-refractivity contribution in [3.63, 3.8) is 0 Å². The average molecular weight is 274 g/mol. The van der Waals surface area contributed by atoms with Gasteiger partial charge < -0.3 is 5.32 Å². The fourth-order valence-electron chi connectivity index (χ4n) is 2.25. The minimum atomic E-state index is 0.652. The van der Waals surface area contributed by atoms with Crippen LogP contribution in [0, 0.1) is 0 Å². The molecule has 1 aliphatic heterocycles. The van der Waals surface area contributed by atoms with E-state index in [0.717, 1.165) is 29.0 Å². The highest BCUT2D eigenvalue weighted by Crippen LogP contribution is 2.20. The number of nitrogens with one attached hydrogen (secondary N) is 1. The van der Waals surface area contributed by atoms with Gasteiger partial charge in [-0.2, -0.15) is 0 Å². The van der Waals surface area contributed by atoms with E-state index in [9.17, 15) is 0 Å². The molecule has 1 aliphatic rings. The van der Waals surface area contributed by atoms with Crippen LogP contribution < -0.4 is 5.32 Å². The van der Waals surface area contributed by atoms with Crippen molar-refractivity contribution in [2.75, 3.05) is 19.6 Å². The predicted octanol–water partition coefficient (Wildman–Crippen LogP) is 2.76. The van der Waals surface area contributed by atoms with E-state index in [4.69, 9.17) is 11.6 Å². The second-order valence-corrected chi connectivity index (χ2v) is 6.28. The maximum absolute atomic E-state index is 5.90. The molecule has 0 spiro atoms. The minimum absolute atomic E-state index is 0.652. The lowest BCUT2D eigenvalue weighted by atomic mass is 10.0. The number of aromatic nitrogens is 1. The van der Waals surface area contributed by atoms with Gasteiger partial charge in [0, 0.05) is 12.6 Å². The molecule has 0 bridgehead atoms. The number of piperidine rings is 1. The van der Waals surface area contributed by atoms with Crippen LogP contribution in [-0.4, -0.2) is 35.6 Å². The standard InChI is InChI=1S/C12H20ClN3S/c1-2-16(8-10-5-3-4-6-14-10)9-12-15-7-11(13)17-12/h7,10,14H,2-6,8-9H2,1H3. The number of hydrogen-bond donors (Lipinski definition) is 1. The highest BCUT2D eigenvalue weighted by atomic mass is 35.5. The normalized spacial score (nSPS) is 21.0. The SMILES string of the molecule is CCN(Cc1ncc(Cl)s1)CC1CCCCN1. The third-order valence-electron chi connectivity index (χ3n) is 3.22. The largest absolute Gasteiger partial charge is 0.313 e. The minimum Gasteiger partial charge on any atom is -0.313 e. The van der Waals surface area contributed by atoms with E-state index in [-0.39, 0.29) is 0 Å². The van der Waals surface area contributed by atoms with Crippen LogP contribution in [0.15, 0.2) is 6.20 Å². The Morgan fingerprint density at radius 1 is 1.59 bits per heavy atom. The number of likely N-dealkylation sites (N-methyl/N-ethyl adjacent to an activating group) is 1. The van der Waals surface area contributed by atoms with Crippen molar-refractivity contribution in [3.05, 3.63) is 15.5 Å². The van der Waals surface area contributed by atoms with E-state index in [1.807, 2.05) is 0 Å². The molecular weight excluding hydrogens is 254 g/mol. The van der Waals surface area contributed by atoms with E-state index in [1.165, 1.54) is 25.8 Å². The number of hydrogen-bond acceptors (Lipinski definition) is 4. The summed E-state index contributed by atoms with van der Waals surface area (Å²) in [5.41, 5.74) is 0. The molecule has 1 aromatic rings. The summed E-state index contributed by atoms with van der Waals surface area (Å²) in [4.78, 5) is 6.76. The molecule has 1 atom stereocenters. The average Bonchev–Trinajstić information content (AvgIpc) is 2.75. The molecule has 1 aromatic heterocycles. The summed E-state index contributed by atoms with van der Waals surface area (Å²) in [5, 5.41) is 4.71. The molecule has 2 heterocycles. The quantitative estimate of drug-likeness (QED) is 0.894. The Bertz CT molecular complexity index is 336. The van der Waals surface area contributed by atoms with E-state index < -0.39 is 0 Å². The third kappa shape index (κ3) is 4.21. The van der Waals surface area contributed by atoms with Crippen molar-refractivity contribution in [2.24, 2.45) is 0 Å². The van der Waals surface area contributed by atoms with Crippen molar-refractivity contribution in [2.45, 2.75) is 38.8 Å². The summed E-state index contributed by atoms with van der Waals surface area (Å²) in [5.74, 6) is 0. The van der Waals surface area contributed by atoms with Gasteiger partial charge in [-0.1, -0.05) is 24.9 Å². The lowest BCUT2D eigenvalue weighted by molar-refractivity contribution is 0.226. The number of halogens is 1. The first-order valence-corrected chi connectivity index (χ1v) is 7.53. The van der Waals surface area contributed by atoms with Gasteiger partial charge in [0.25, 0.3) is 0 Å². The molecule has 1 fully saturated rings. The van der Waals surface area contributed by atoms with Crippen LogP contribution in [-0.2, 0) is 6.54 Å². The third-order valence-corrected chi connectivity index (χ3v) is 4.32. The maximum atomic E-state index is 5.90. The van der Waals surface area contributed by atoms with E-state index in [2.05, 4.69) is 22.1 Å². The number of nitrogens with zero attached hydrogens (tertiary/aromatic N) is 2. The molecule has 1 N–H and O–H groups in total. The molecule has 96 valence electrons. The van der Waals surface area contributed by atoms with Crippen molar-refractivity contribution >= 4 is 22.9 Å². The van der Waals surface area contributed by atoms with E-state index in [1.54, 1.807) is 17.5 Å². The predicted molar refractivity (Wildman–Crippen MR) is 73.7 cm³/mol. The maximum Gasteiger partial charge on any atom is 0.113 e. The zero-order valence-electron chi connectivity index (χ0n) is 10.3. The van der Waals surface area contributed by atoms with Gasteiger partial charge in [0.05, 0.1) is 12.7 Å². The lowest BCUT2D eigenvalue weighted by Crippen LogP contribution is -2.43. The van der Waals surface area contributed by atoms with Crippen molar-refractivity contribution in [1.82, 2.24) is 15.2 Å². The Morgan fingerprint density at radius 3 is 3.06 bits per heavy atom. The van der Waals surface area contributed by atoms with Gasteiger partial charge in [-0.15, -0.1) is 11.3 Å². The summed E-state index contributed by atoms with van der Waals surface area (Å²) >= 11 is 7.49. The van der Waals surface area contributed by atoms with Gasteiger partial charge in [-0.3, -0.25) is 4.90 Å². The Hall–Kier alpha value is -0.160. The molecule has 0 saturated carbocycles. The Kier molecular flexibility index (Phi) is 5.22. The monoisotopic (exact) mass is 273 g/mol. The van der Waals surface area contributed by atoms with Gasteiger partial charge in [0.2, 0.25) is 0 Å². The smallest absolute Gasteiger partial charge is 0.113 e.